The third-order valence-corrected chi connectivity index (χ3v) is 2.94. The summed E-state index contributed by atoms with van der Waals surface area (Å²) in [6, 6.07) is 17.9. The van der Waals surface area contributed by atoms with Gasteiger partial charge in [-0.1, -0.05) is 49.7 Å². The SMILES string of the molecule is CCCCOC(=O)c1ccccc1.COC(=O)c1ccccc1. The van der Waals surface area contributed by atoms with Crippen LogP contribution in [-0.2, 0) is 9.47 Å². The second kappa shape index (κ2) is 11.0. The summed E-state index contributed by atoms with van der Waals surface area (Å²) in [5.74, 6) is -0.519. The van der Waals surface area contributed by atoms with Crippen LogP contribution in [0.15, 0.2) is 60.7 Å². The Bertz CT molecular complexity index is 579. The van der Waals surface area contributed by atoms with E-state index in [0.717, 1.165) is 12.8 Å². The number of ether oxygens (including phenoxy) is 2. The molecule has 2 aromatic rings. The van der Waals surface area contributed by atoms with Crippen LogP contribution < -0.4 is 0 Å². The van der Waals surface area contributed by atoms with Gasteiger partial charge in [0.05, 0.1) is 24.8 Å². The standard InChI is InChI=1S/C11H14O2.C8H8O2/c1-2-3-9-13-11(12)10-7-5-4-6-8-10;1-10-8(9)7-5-3-2-4-6-7/h4-8H,2-3,9H2,1H3;2-6H,1H3. The van der Waals surface area contributed by atoms with E-state index in [9.17, 15) is 9.59 Å². The fourth-order valence-corrected chi connectivity index (χ4v) is 1.66. The topological polar surface area (TPSA) is 52.6 Å². The molecule has 2 aromatic carbocycles. The zero-order valence-corrected chi connectivity index (χ0v) is 13.5. The van der Waals surface area contributed by atoms with E-state index in [0.29, 0.717) is 17.7 Å². The molecule has 4 nitrogen and oxygen atoms in total. The lowest BCUT2D eigenvalue weighted by Crippen LogP contribution is -2.05. The highest BCUT2D eigenvalue weighted by molar-refractivity contribution is 5.89. The number of rotatable bonds is 5. The number of carbonyl (C=O) groups is 2. The fourth-order valence-electron chi connectivity index (χ4n) is 1.66. The third kappa shape index (κ3) is 7.27. The summed E-state index contributed by atoms with van der Waals surface area (Å²) in [5.41, 5.74) is 1.21. The second-order valence-electron chi connectivity index (χ2n) is 4.71. The Morgan fingerprint density at radius 1 is 0.826 bits per heavy atom. The van der Waals surface area contributed by atoms with E-state index >= 15 is 0 Å². The van der Waals surface area contributed by atoms with E-state index in [2.05, 4.69) is 11.7 Å². The molecule has 4 heteroatoms. The van der Waals surface area contributed by atoms with Gasteiger partial charge in [0.2, 0.25) is 0 Å². The van der Waals surface area contributed by atoms with Crippen molar-refractivity contribution in [3.63, 3.8) is 0 Å². The van der Waals surface area contributed by atoms with Gasteiger partial charge in [0, 0.05) is 0 Å². The van der Waals surface area contributed by atoms with Crippen LogP contribution in [0.4, 0.5) is 0 Å². The van der Waals surface area contributed by atoms with Gasteiger partial charge in [0.15, 0.2) is 0 Å². The van der Waals surface area contributed by atoms with Crippen molar-refractivity contribution in [2.45, 2.75) is 19.8 Å². The Morgan fingerprint density at radius 3 is 1.74 bits per heavy atom. The average molecular weight is 314 g/mol. The largest absolute Gasteiger partial charge is 0.465 e. The molecule has 122 valence electrons. The van der Waals surface area contributed by atoms with Crippen molar-refractivity contribution in [2.24, 2.45) is 0 Å². The van der Waals surface area contributed by atoms with Crippen molar-refractivity contribution < 1.29 is 19.1 Å². The molecule has 0 atom stereocenters. The summed E-state index contributed by atoms with van der Waals surface area (Å²) in [5, 5.41) is 0. The van der Waals surface area contributed by atoms with Crippen molar-refractivity contribution >= 4 is 11.9 Å². The first-order chi connectivity index (χ1) is 11.2. The average Bonchev–Trinajstić information content (AvgIpc) is 2.63. The van der Waals surface area contributed by atoms with Crippen LogP contribution >= 0.6 is 0 Å². The molecule has 0 spiro atoms. The molecular weight excluding hydrogens is 292 g/mol. The number of benzene rings is 2. The van der Waals surface area contributed by atoms with Gasteiger partial charge >= 0.3 is 11.9 Å². The molecule has 0 saturated carbocycles. The molecule has 0 aliphatic rings. The Balaban J connectivity index is 0.000000238. The van der Waals surface area contributed by atoms with Gasteiger partial charge in [-0.2, -0.15) is 0 Å². The van der Waals surface area contributed by atoms with Gasteiger partial charge in [0.1, 0.15) is 0 Å². The number of hydrogen-bond acceptors (Lipinski definition) is 4. The number of carbonyl (C=O) groups excluding carboxylic acids is 2. The maximum absolute atomic E-state index is 11.3. The predicted octanol–water partition coefficient (Wildman–Crippen LogP) is 4.12. The van der Waals surface area contributed by atoms with E-state index < -0.39 is 0 Å². The molecule has 0 aliphatic carbocycles. The summed E-state index contributed by atoms with van der Waals surface area (Å²) in [6.45, 7) is 2.58. The van der Waals surface area contributed by atoms with Gasteiger partial charge < -0.3 is 9.47 Å². The van der Waals surface area contributed by atoms with Crippen molar-refractivity contribution in [1.29, 1.82) is 0 Å². The predicted molar refractivity (Wildman–Crippen MR) is 89.4 cm³/mol. The van der Waals surface area contributed by atoms with Crippen LogP contribution in [0.2, 0.25) is 0 Å². The summed E-state index contributed by atoms with van der Waals surface area (Å²) in [4.78, 5) is 22.1. The van der Waals surface area contributed by atoms with Gasteiger partial charge in [-0.3, -0.25) is 0 Å². The lowest BCUT2D eigenvalue weighted by molar-refractivity contribution is 0.0499. The van der Waals surface area contributed by atoms with Gasteiger partial charge in [-0.15, -0.1) is 0 Å². The Kier molecular flexibility index (Phi) is 8.83. The van der Waals surface area contributed by atoms with Gasteiger partial charge in [0.25, 0.3) is 0 Å². The molecule has 0 aliphatic heterocycles. The van der Waals surface area contributed by atoms with E-state index in [1.54, 1.807) is 36.4 Å². The molecule has 0 N–H and O–H groups in total. The maximum Gasteiger partial charge on any atom is 0.338 e. The van der Waals surface area contributed by atoms with E-state index in [1.807, 2.05) is 24.3 Å². The number of hydrogen-bond donors (Lipinski definition) is 0. The normalized spacial score (nSPS) is 9.30. The first-order valence-corrected chi connectivity index (χ1v) is 7.54. The molecule has 0 saturated heterocycles. The molecule has 23 heavy (non-hydrogen) atoms. The van der Waals surface area contributed by atoms with E-state index in [-0.39, 0.29) is 11.9 Å². The van der Waals surface area contributed by atoms with Crippen molar-refractivity contribution in [1.82, 2.24) is 0 Å². The lowest BCUT2D eigenvalue weighted by Gasteiger charge is -2.02. The minimum atomic E-state index is -0.291. The molecule has 2 rings (SSSR count). The fraction of sp³-hybridized carbons (Fsp3) is 0.263. The van der Waals surface area contributed by atoms with Gasteiger partial charge in [-0.25, -0.2) is 9.59 Å². The highest BCUT2D eigenvalue weighted by Crippen LogP contribution is 2.01. The first kappa shape index (κ1) is 18.4. The van der Waals surface area contributed by atoms with Crippen molar-refractivity contribution in [3.05, 3.63) is 71.8 Å². The second-order valence-corrected chi connectivity index (χ2v) is 4.71. The summed E-state index contributed by atoms with van der Waals surface area (Å²) in [7, 11) is 1.37. The van der Waals surface area contributed by atoms with Crippen molar-refractivity contribution in [3.8, 4) is 0 Å². The van der Waals surface area contributed by atoms with E-state index in [4.69, 9.17) is 4.74 Å². The minimum Gasteiger partial charge on any atom is -0.465 e. The molecule has 0 unspecified atom stereocenters. The highest BCUT2D eigenvalue weighted by atomic mass is 16.5. The summed E-state index contributed by atoms with van der Waals surface area (Å²) in [6.07, 6.45) is 1.97. The molecule has 0 bridgehead atoms. The zero-order chi connectivity index (χ0) is 16.9. The van der Waals surface area contributed by atoms with Crippen LogP contribution in [0.25, 0.3) is 0 Å². The van der Waals surface area contributed by atoms with Crippen LogP contribution in [0.3, 0.4) is 0 Å². The maximum atomic E-state index is 11.3. The molecule has 0 amide bonds. The quantitative estimate of drug-likeness (QED) is 0.615. The first-order valence-electron chi connectivity index (χ1n) is 7.54. The number of unbranched alkanes of at least 4 members (excludes halogenated alkanes) is 1. The number of methoxy groups -OCH3 is 1. The molecule has 0 fully saturated rings. The lowest BCUT2D eigenvalue weighted by atomic mass is 10.2. The smallest absolute Gasteiger partial charge is 0.338 e. The molecule has 0 heterocycles. The summed E-state index contributed by atoms with van der Waals surface area (Å²) < 4.78 is 9.53. The highest BCUT2D eigenvalue weighted by Gasteiger charge is 2.04. The molecule has 0 aromatic heterocycles. The Labute approximate surface area is 137 Å². The molecular formula is C19H22O4. The Morgan fingerprint density at radius 2 is 1.30 bits per heavy atom. The number of esters is 2. The monoisotopic (exact) mass is 314 g/mol. The zero-order valence-electron chi connectivity index (χ0n) is 13.5. The minimum absolute atomic E-state index is 0.228. The summed E-state index contributed by atoms with van der Waals surface area (Å²) >= 11 is 0. The van der Waals surface area contributed by atoms with Crippen molar-refractivity contribution in [2.75, 3.05) is 13.7 Å². The third-order valence-electron chi connectivity index (χ3n) is 2.94. The molecule has 0 radical (unpaired) electrons. The van der Waals surface area contributed by atoms with Crippen LogP contribution in [-0.4, -0.2) is 25.7 Å². The van der Waals surface area contributed by atoms with Crippen LogP contribution in [0, 0.1) is 0 Å². The van der Waals surface area contributed by atoms with Crippen LogP contribution in [0.1, 0.15) is 40.5 Å². The van der Waals surface area contributed by atoms with Gasteiger partial charge in [-0.05, 0) is 30.7 Å². The van der Waals surface area contributed by atoms with Crippen LogP contribution in [0.5, 0.6) is 0 Å². The van der Waals surface area contributed by atoms with E-state index in [1.165, 1.54) is 7.11 Å². The Hall–Kier alpha value is -2.62.